The van der Waals surface area contributed by atoms with Crippen molar-refractivity contribution in [2.75, 3.05) is 16.9 Å². The molecular weight excluding hydrogens is 300 g/mol. The Hall–Kier alpha value is -3.18. The van der Waals surface area contributed by atoms with Crippen LogP contribution in [-0.2, 0) is 4.79 Å². The number of aliphatic imine (C=N–C) groups is 1. The molecule has 2 aromatic carbocycles. The van der Waals surface area contributed by atoms with E-state index in [1.165, 1.54) is 0 Å². The predicted octanol–water partition coefficient (Wildman–Crippen LogP) is 3.01. The first kappa shape index (κ1) is 14.4. The third kappa shape index (κ3) is 2.85. The van der Waals surface area contributed by atoms with Crippen molar-refractivity contribution < 1.29 is 4.79 Å². The van der Waals surface area contributed by atoms with E-state index < -0.39 is 0 Å². The average Bonchev–Trinajstić information content (AvgIpc) is 3.07. The Bertz CT molecular complexity index is 840. The second-order valence-corrected chi connectivity index (χ2v) is 5.54. The maximum atomic E-state index is 12.4. The Balaban J connectivity index is 1.49. The molecule has 0 bridgehead atoms. The number of fused-ring (bicyclic) bond motifs is 1. The number of carbonyl (C=O) groups excluding carboxylic acids is 1. The molecule has 0 spiro atoms. The molecule has 0 unspecified atom stereocenters. The Kier molecular flexibility index (Phi) is 3.69. The number of hydrogen-bond donors (Lipinski definition) is 1. The van der Waals surface area contributed by atoms with Crippen molar-refractivity contribution >= 4 is 23.1 Å². The molecular formula is C19H16N4O+. The van der Waals surface area contributed by atoms with Gasteiger partial charge in [0.1, 0.15) is 0 Å². The lowest BCUT2D eigenvalue weighted by Gasteiger charge is -2.22. The molecule has 2 aromatic rings. The summed E-state index contributed by atoms with van der Waals surface area (Å²) in [7, 11) is 0. The summed E-state index contributed by atoms with van der Waals surface area (Å²) in [6.07, 6.45) is 5.68. The topological polar surface area (TPSA) is 50.6 Å². The van der Waals surface area contributed by atoms with Crippen molar-refractivity contribution in [1.29, 1.82) is 0 Å². The van der Waals surface area contributed by atoms with Crippen molar-refractivity contribution in [2.45, 2.75) is 0 Å². The van der Waals surface area contributed by atoms with Gasteiger partial charge in [0.05, 0.1) is 0 Å². The van der Waals surface area contributed by atoms with Gasteiger partial charge in [0, 0.05) is 23.7 Å². The summed E-state index contributed by atoms with van der Waals surface area (Å²) < 4.78 is 0. The van der Waals surface area contributed by atoms with Gasteiger partial charge in [0.15, 0.2) is 11.9 Å². The van der Waals surface area contributed by atoms with Gasteiger partial charge in [0.2, 0.25) is 6.67 Å². The van der Waals surface area contributed by atoms with Crippen LogP contribution >= 0.6 is 0 Å². The molecule has 4 rings (SSSR count). The number of para-hydroxylation sites is 2. The van der Waals surface area contributed by atoms with E-state index in [4.69, 9.17) is 0 Å². The minimum absolute atomic E-state index is 0.206. The number of rotatable bonds is 3. The number of benzene rings is 2. The minimum atomic E-state index is -0.206. The maximum absolute atomic E-state index is 12.4. The number of amides is 1. The maximum Gasteiger partial charge on any atom is 0.285 e. The van der Waals surface area contributed by atoms with E-state index in [-0.39, 0.29) is 5.91 Å². The van der Waals surface area contributed by atoms with Crippen molar-refractivity contribution in [1.82, 2.24) is 4.90 Å². The highest BCUT2D eigenvalue weighted by atomic mass is 16.2. The first-order chi connectivity index (χ1) is 11.8. The van der Waals surface area contributed by atoms with Crippen LogP contribution in [0.3, 0.4) is 0 Å². The van der Waals surface area contributed by atoms with Crippen LogP contribution in [0.4, 0.5) is 11.4 Å². The first-order valence-electron chi connectivity index (χ1n) is 7.73. The van der Waals surface area contributed by atoms with Gasteiger partial charge in [-0.25, -0.2) is 0 Å². The molecule has 0 fully saturated rings. The van der Waals surface area contributed by atoms with E-state index in [2.05, 4.69) is 27.3 Å². The zero-order valence-corrected chi connectivity index (χ0v) is 13.0. The molecule has 1 amide bonds. The summed E-state index contributed by atoms with van der Waals surface area (Å²) in [6, 6.07) is 19.5. The van der Waals surface area contributed by atoms with Crippen molar-refractivity contribution in [2.24, 2.45) is 4.99 Å². The third-order valence-corrected chi connectivity index (χ3v) is 3.87. The molecule has 0 aliphatic carbocycles. The highest BCUT2D eigenvalue weighted by Crippen LogP contribution is 2.21. The second kappa shape index (κ2) is 6.14. The van der Waals surface area contributed by atoms with Crippen LogP contribution in [0, 0.1) is 0 Å². The average molecular weight is 316 g/mol. The number of carbonyl (C=O) groups is 1. The van der Waals surface area contributed by atoms with Gasteiger partial charge in [-0.3, -0.25) is 9.69 Å². The van der Waals surface area contributed by atoms with Crippen molar-refractivity contribution in [3.8, 4) is 0 Å². The molecule has 2 heterocycles. The van der Waals surface area contributed by atoms with E-state index in [9.17, 15) is 4.79 Å². The summed E-state index contributed by atoms with van der Waals surface area (Å²) in [6.45, 7) is 0.626. The van der Waals surface area contributed by atoms with E-state index in [0.717, 1.165) is 17.2 Å². The Labute approximate surface area is 140 Å². The van der Waals surface area contributed by atoms with Crippen LogP contribution in [0.15, 0.2) is 89.8 Å². The molecule has 5 heteroatoms. The van der Waals surface area contributed by atoms with Crippen LogP contribution in [-0.4, -0.2) is 18.4 Å². The monoisotopic (exact) mass is 316 g/mol. The third-order valence-electron chi connectivity index (χ3n) is 3.87. The summed E-state index contributed by atoms with van der Waals surface area (Å²) >= 11 is 0. The Morgan fingerprint density at radius 2 is 1.75 bits per heavy atom. The molecule has 1 radical (unpaired) electrons. The summed E-state index contributed by atoms with van der Waals surface area (Å²) in [5, 5.41) is 2.86. The summed E-state index contributed by atoms with van der Waals surface area (Å²) in [5.41, 5.74) is 2.27. The minimum Gasteiger partial charge on any atom is -0.320 e. The zero-order chi connectivity index (χ0) is 16.4. The number of anilines is 2. The Morgan fingerprint density at radius 3 is 2.50 bits per heavy atom. The van der Waals surface area contributed by atoms with Gasteiger partial charge in [-0.05, 0) is 24.3 Å². The van der Waals surface area contributed by atoms with Gasteiger partial charge in [-0.2, -0.15) is 4.99 Å². The number of nitrogens with one attached hydrogen (secondary N) is 1. The van der Waals surface area contributed by atoms with Crippen LogP contribution in [0.5, 0.6) is 0 Å². The highest BCUT2D eigenvalue weighted by Gasteiger charge is 2.35. The Morgan fingerprint density at radius 1 is 1.04 bits per heavy atom. The van der Waals surface area contributed by atoms with E-state index >= 15 is 0 Å². The molecule has 0 aromatic heterocycles. The fourth-order valence-corrected chi connectivity index (χ4v) is 2.66. The number of amidine groups is 1. The van der Waals surface area contributed by atoms with Gasteiger partial charge < -0.3 is 5.32 Å². The summed E-state index contributed by atoms with van der Waals surface area (Å²) in [5.74, 6) is 0.572. The quantitative estimate of drug-likeness (QED) is 0.885. The molecule has 0 saturated heterocycles. The standard InChI is InChI=1S/C19H16N4O/c24-19(20-15-7-3-1-4-8-15)17-13-23-14-22(12-11-18(23)21-17)16-9-5-2-6-10-16/h1-13H,14H2,(H,20,24)/q+1. The smallest absolute Gasteiger partial charge is 0.285 e. The van der Waals surface area contributed by atoms with Crippen LogP contribution < -0.4 is 15.1 Å². The molecule has 2 aliphatic rings. The summed E-state index contributed by atoms with van der Waals surface area (Å²) in [4.78, 5) is 20.8. The fraction of sp³-hybridized carbons (Fsp3) is 0.0526. The van der Waals surface area contributed by atoms with Gasteiger partial charge in [0.25, 0.3) is 11.7 Å². The molecule has 5 nitrogen and oxygen atoms in total. The van der Waals surface area contributed by atoms with Gasteiger partial charge in [-0.1, -0.05) is 41.3 Å². The molecule has 1 N–H and O–H groups in total. The van der Waals surface area contributed by atoms with Gasteiger partial charge >= 0.3 is 0 Å². The van der Waals surface area contributed by atoms with Crippen molar-refractivity contribution in [3.05, 3.63) is 84.8 Å². The van der Waals surface area contributed by atoms with Crippen molar-refractivity contribution in [3.63, 3.8) is 0 Å². The number of hydrogen-bond acceptors (Lipinski definition) is 4. The second-order valence-electron chi connectivity index (χ2n) is 5.54. The zero-order valence-electron chi connectivity index (χ0n) is 13.0. The van der Waals surface area contributed by atoms with E-state index in [1.807, 2.05) is 65.7 Å². The van der Waals surface area contributed by atoms with Crippen LogP contribution in [0.2, 0.25) is 0 Å². The molecule has 0 atom stereocenters. The van der Waals surface area contributed by atoms with E-state index in [0.29, 0.717) is 12.4 Å². The SMILES string of the molecule is O=C(Nc1ccccc1)C1=C[N+]2CN(c3ccccc3)C=CC2=N1. The lowest BCUT2D eigenvalue weighted by Crippen LogP contribution is -2.41. The highest BCUT2D eigenvalue weighted by molar-refractivity contribution is 6.10. The predicted molar refractivity (Wildman–Crippen MR) is 95.7 cm³/mol. The molecule has 2 aliphatic heterocycles. The number of nitrogens with zero attached hydrogens (tertiary/aromatic N) is 3. The molecule has 24 heavy (non-hydrogen) atoms. The van der Waals surface area contributed by atoms with E-state index in [1.54, 1.807) is 6.20 Å². The van der Waals surface area contributed by atoms with Crippen LogP contribution in [0.1, 0.15) is 0 Å². The van der Waals surface area contributed by atoms with Crippen LogP contribution in [0.25, 0.3) is 0 Å². The van der Waals surface area contributed by atoms with Gasteiger partial charge in [-0.15, -0.1) is 0 Å². The molecule has 117 valence electrons. The normalized spacial score (nSPS) is 16.4. The molecule has 0 saturated carbocycles. The largest absolute Gasteiger partial charge is 0.320 e. The first-order valence-corrected chi connectivity index (χ1v) is 7.73. The lowest BCUT2D eigenvalue weighted by molar-refractivity contribution is -0.112. The lowest BCUT2D eigenvalue weighted by atomic mass is 10.3. The fourth-order valence-electron chi connectivity index (χ4n) is 2.66.